The molecule has 0 spiro atoms. The van der Waals surface area contributed by atoms with E-state index >= 15 is 0 Å². The van der Waals surface area contributed by atoms with Gasteiger partial charge in [0.05, 0.1) is 42.3 Å². The molecular formula is C27H37N7O6S2. The number of rotatable bonds is 16. The van der Waals surface area contributed by atoms with Gasteiger partial charge in [0.25, 0.3) is 10.0 Å². The third kappa shape index (κ3) is 9.68. The van der Waals surface area contributed by atoms with Crippen molar-refractivity contribution in [3.05, 3.63) is 42.6 Å². The van der Waals surface area contributed by atoms with E-state index in [1.165, 1.54) is 23.6 Å². The van der Waals surface area contributed by atoms with Crippen LogP contribution in [0.15, 0.2) is 47.6 Å². The summed E-state index contributed by atoms with van der Waals surface area (Å²) in [5, 5.41) is 6.16. The van der Waals surface area contributed by atoms with Gasteiger partial charge in [-0.3, -0.25) is 14.3 Å². The molecule has 1 aromatic carbocycles. The van der Waals surface area contributed by atoms with E-state index in [-0.39, 0.29) is 22.8 Å². The number of carbonyl (C=O) groups excluding carboxylic acids is 2. The average molecular weight is 620 g/mol. The second-order valence-electron chi connectivity index (χ2n) is 9.69. The van der Waals surface area contributed by atoms with Crippen LogP contribution in [0.25, 0.3) is 10.2 Å². The fraction of sp³-hybridized carbons (Fsp3) is 0.481. The Balaban J connectivity index is 1.16. The number of nitrogens with zero attached hydrogens (tertiary/aromatic N) is 3. The van der Waals surface area contributed by atoms with Gasteiger partial charge in [-0.2, -0.15) is 8.42 Å². The minimum Gasteiger partial charge on any atom is -0.378 e. The van der Waals surface area contributed by atoms with Crippen LogP contribution in [0.2, 0.25) is 0 Å². The smallest absolute Gasteiger partial charge is 0.279 e. The summed E-state index contributed by atoms with van der Waals surface area (Å²) in [6.07, 6.45) is 3.19. The molecule has 1 fully saturated rings. The summed E-state index contributed by atoms with van der Waals surface area (Å²) in [4.78, 5) is 35.6. The molecule has 1 saturated heterocycles. The van der Waals surface area contributed by atoms with E-state index in [0.29, 0.717) is 81.7 Å². The maximum Gasteiger partial charge on any atom is 0.279 e. The lowest BCUT2D eigenvalue weighted by molar-refractivity contribution is -0.123. The van der Waals surface area contributed by atoms with Crippen molar-refractivity contribution in [2.75, 3.05) is 69.2 Å². The van der Waals surface area contributed by atoms with Crippen molar-refractivity contribution < 1.29 is 27.5 Å². The number of aromatic nitrogens is 2. The number of anilines is 2. The molecule has 1 aliphatic heterocycles. The van der Waals surface area contributed by atoms with Crippen molar-refractivity contribution in [3.8, 4) is 0 Å². The van der Waals surface area contributed by atoms with Crippen LogP contribution in [-0.4, -0.2) is 94.3 Å². The molecule has 0 bridgehead atoms. The number of piperidine rings is 1. The number of likely N-dealkylation sites (tertiary alicyclic amines) is 1. The van der Waals surface area contributed by atoms with Crippen LogP contribution in [-0.2, 0) is 29.1 Å². The first-order chi connectivity index (χ1) is 20.3. The van der Waals surface area contributed by atoms with E-state index in [4.69, 9.17) is 15.2 Å². The maximum atomic E-state index is 12.9. The highest BCUT2D eigenvalue weighted by Gasteiger charge is 2.26. The molecule has 3 heterocycles. The van der Waals surface area contributed by atoms with E-state index in [0.717, 1.165) is 17.8 Å². The quantitative estimate of drug-likeness (QED) is 0.172. The molecule has 0 saturated carbocycles. The first-order valence-corrected chi connectivity index (χ1v) is 16.1. The number of ether oxygens (including phenoxy) is 2. The highest BCUT2D eigenvalue weighted by Crippen LogP contribution is 2.30. The lowest BCUT2D eigenvalue weighted by Gasteiger charge is -2.30. The number of nitrogens with two attached hydrogens (primary N) is 1. The van der Waals surface area contributed by atoms with Crippen molar-refractivity contribution in [2.45, 2.75) is 24.3 Å². The summed E-state index contributed by atoms with van der Waals surface area (Å²) in [6.45, 7) is 4.93. The number of benzene rings is 1. The van der Waals surface area contributed by atoms with Crippen LogP contribution in [0, 0.1) is 5.92 Å². The van der Waals surface area contributed by atoms with Crippen molar-refractivity contribution in [1.29, 1.82) is 0 Å². The Morgan fingerprint density at radius 3 is 2.60 bits per heavy atom. The molecule has 0 unspecified atom stereocenters. The standard InChI is InChI=1S/C27H37N7O6S2/c28-9-15-39-17-18-40-16-11-29-24(35)8-14-34-12-6-20(7-13-34)26(36)32-27-31-22-19-21(4-5-23(22)41-27)33-42(37,38)25-3-1-2-10-30-25/h1-5,10,19-20,33H,6-9,11-18,28H2,(H,29,35)(H,31,32,36). The van der Waals surface area contributed by atoms with Crippen molar-refractivity contribution in [3.63, 3.8) is 0 Å². The SMILES string of the molecule is NCCOCCOCCNC(=O)CCN1CCC(C(=O)Nc2nc3cc(NS(=O)(=O)c4ccccn4)ccc3s2)CC1. The van der Waals surface area contributed by atoms with Crippen molar-refractivity contribution >= 4 is 54.2 Å². The van der Waals surface area contributed by atoms with Crippen LogP contribution in [0.3, 0.4) is 0 Å². The molecular weight excluding hydrogens is 582 g/mol. The molecule has 0 aliphatic carbocycles. The van der Waals surface area contributed by atoms with Gasteiger partial charge in [-0.15, -0.1) is 0 Å². The van der Waals surface area contributed by atoms with E-state index in [9.17, 15) is 18.0 Å². The zero-order chi connectivity index (χ0) is 29.8. The molecule has 0 radical (unpaired) electrons. The van der Waals surface area contributed by atoms with Gasteiger partial charge in [0.15, 0.2) is 10.2 Å². The lowest BCUT2D eigenvalue weighted by Crippen LogP contribution is -2.40. The largest absolute Gasteiger partial charge is 0.378 e. The summed E-state index contributed by atoms with van der Waals surface area (Å²) in [5.74, 6) is -0.258. The highest BCUT2D eigenvalue weighted by molar-refractivity contribution is 7.92. The van der Waals surface area contributed by atoms with Gasteiger partial charge >= 0.3 is 0 Å². The van der Waals surface area contributed by atoms with E-state index in [2.05, 4.69) is 30.2 Å². The molecule has 5 N–H and O–H groups in total. The molecule has 2 aromatic heterocycles. The molecule has 2 amide bonds. The average Bonchev–Trinajstić information content (AvgIpc) is 3.39. The molecule has 13 nitrogen and oxygen atoms in total. The number of hydrogen-bond acceptors (Lipinski definition) is 11. The molecule has 42 heavy (non-hydrogen) atoms. The lowest BCUT2D eigenvalue weighted by atomic mass is 9.96. The number of hydrogen-bond donors (Lipinski definition) is 4. The monoisotopic (exact) mass is 619 g/mol. The Morgan fingerprint density at radius 2 is 1.86 bits per heavy atom. The molecule has 3 aromatic rings. The first kappa shape index (κ1) is 31.7. The Labute approximate surface area is 249 Å². The molecule has 1 aliphatic rings. The number of nitrogens with one attached hydrogen (secondary N) is 3. The molecule has 15 heteroatoms. The summed E-state index contributed by atoms with van der Waals surface area (Å²) in [6, 6.07) is 9.71. The van der Waals surface area contributed by atoms with E-state index in [1.54, 1.807) is 30.3 Å². The van der Waals surface area contributed by atoms with Crippen LogP contribution >= 0.6 is 11.3 Å². The van der Waals surface area contributed by atoms with Gasteiger partial charge in [-0.25, -0.2) is 9.97 Å². The summed E-state index contributed by atoms with van der Waals surface area (Å²) < 4.78 is 39.1. The van der Waals surface area contributed by atoms with Gasteiger partial charge in [0.1, 0.15) is 0 Å². The molecule has 4 rings (SSSR count). The second kappa shape index (κ2) is 15.9. The minimum absolute atomic E-state index is 0.0265. The molecule has 0 atom stereocenters. The topological polar surface area (TPSA) is 178 Å². The third-order valence-corrected chi connectivity index (χ3v) is 8.85. The Morgan fingerprint density at radius 1 is 1.07 bits per heavy atom. The number of pyridine rings is 1. The predicted octanol–water partition coefficient (Wildman–Crippen LogP) is 1.64. The molecule has 228 valence electrons. The summed E-state index contributed by atoms with van der Waals surface area (Å²) >= 11 is 1.33. The fourth-order valence-electron chi connectivity index (χ4n) is 4.40. The van der Waals surface area contributed by atoms with Crippen molar-refractivity contribution in [1.82, 2.24) is 20.2 Å². The fourth-order valence-corrected chi connectivity index (χ4v) is 6.25. The van der Waals surface area contributed by atoms with Gasteiger partial charge in [-0.05, 0) is 56.3 Å². The van der Waals surface area contributed by atoms with Crippen molar-refractivity contribution in [2.24, 2.45) is 11.7 Å². The first-order valence-electron chi connectivity index (χ1n) is 13.8. The number of carbonyl (C=O) groups is 2. The van der Waals surface area contributed by atoms with Crippen LogP contribution in [0.1, 0.15) is 19.3 Å². The zero-order valence-corrected chi connectivity index (χ0v) is 24.9. The van der Waals surface area contributed by atoms with Gasteiger partial charge in [0.2, 0.25) is 11.8 Å². The van der Waals surface area contributed by atoms with Crippen LogP contribution < -0.4 is 21.1 Å². The van der Waals surface area contributed by atoms with Gasteiger partial charge in [-0.1, -0.05) is 17.4 Å². The summed E-state index contributed by atoms with van der Waals surface area (Å²) in [7, 11) is -3.83. The predicted molar refractivity (Wildman–Crippen MR) is 161 cm³/mol. The Hall–Kier alpha value is -3.21. The van der Waals surface area contributed by atoms with Crippen LogP contribution in [0.4, 0.5) is 10.8 Å². The summed E-state index contributed by atoms with van der Waals surface area (Å²) in [5.41, 5.74) is 6.28. The van der Waals surface area contributed by atoms with E-state index < -0.39 is 10.0 Å². The number of fused-ring (bicyclic) bond motifs is 1. The normalized spacial score (nSPS) is 14.6. The van der Waals surface area contributed by atoms with Gasteiger partial charge < -0.3 is 30.7 Å². The minimum atomic E-state index is -3.83. The van der Waals surface area contributed by atoms with E-state index in [1.807, 2.05) is 0 Å². The second-order valence-corrected chi connectivity index (χ2v) is 12.4. The number of amides is 2. The third-order valence-electron chi connectivity index (χ3n) is 6.60. The van der Waals surface area contributed by atoms with Gasteiger partial charge in [0, 0.05) is 38.2 Å². The number of sulfonamides is 1. The zero-order valence-electron chi connectivity index (χ0n) is 23.3. The number of thiazole rings is 1. The maximum absolute atomic E-state index is 12.9. The van der Waals surface area contributed by atoms with Crippen LogP contribution in [0.5, 0.6) is 0 Å². The Bertz CT molecular complexity index is 1410. The highest BCUT2D eigenvalue weighted by atomic mass is 32.2. The Kier molecular flexibility index (Phi) is 12.0.